The van der Waals surface area contributed by atoms with E-state index < -0.39 is 0 Å². The number of amides is 1. The predicted molar refractivity (Wildman–Crippen MR) is 94.6 cm³/mol. The monoisotopic (exact) mass is 361 g/mol. The zero-order valence-corrected chi connectivity index (χ0v) is 15.5. The Labute approximate surface area is 151 Å². The van der Waals surface area contributed by atoms with Gasteiger partial charge in [0.1, 0.15) is 11.5 Å². The van der Waals surface area contributed by atoms with Crippen LogP contribution in [0.25, 0.3) is 0 Å². The van der Waals surface area contributed by atoms with E-state index in [0.717, 1.165) is 31.2 Å². The van der Waals surface area contributed by atoms with E-state index in [4.69, 9.17) is 4.74 Å². The van der Waals surface area contributed by atoms with E-state index in [9.17, 15) is 4.79 Å². The van der Waals surface area contributed by atoms with Crippen LogP contribution in [0.3, 0.4) is 0 Å². The average molecular weight is 361 g/mol. The maximum atomic E-state index is 12.7. The van der Waals surface area contributed by atoms with Crippen LogP contribution in [0.2, 0.25) is 0 Å². The summed E-state index contributed by atoms with van der Waals surface area (Å²) in [6.07, 6.45) is 1.92. The summed E-state index contributed by atoms with van der Waals surface area (Å²) in [6, 6.07) is 0.182. The molecule has 134 valence electrons. The highest BCUT2D eigenvalue weighted by molar-refractivity contribution is 7.09. The molecule has 2 aromatic rings. The van der Waals surface area contributed by atoms with E-state index in [0.29, 0.717) is 32.0 Å². The van der Waals surface area contributed by atoms with Gasteiger partial charge in [-0.15, -0.1) is 11.3 Å². The van der Waals surface area contributed by atoms with Crippen molar-refractivity contribution >= 4 is 17.2 Å². The summed E-state index contributed by atoms with van der Waals surface area (Å²) >= 11 is 1.70. The highest BCUT2D eigenvalue weighted by atomic mass is 32.1. The van der Waals surface area contributed by atoms with Crippen LogP contribution < -0.4 is 0 Å². The lowest BCUT2D eigenvalue weighted by molar-refractivity contribution is 0.0299. The van der Waals surface area contributed by atoms with Crippen molar-refractivity contribution in [3.8, 4) is 0 Å². The number of rotatable bonds is 3. The molecule has 0 bridgehead atoms. The van der Waals surface area contributed by atoms with Crippen LogP contribution in [0.15, 0.2) is 11.7 Å². The first-order chi connectivity index (χ1) is 12.1. The molecule has 1 saturated heterocycles. The molecule has 0 aromatic carbocycles. The van der Waals surface area contributed by atoms with Gasteiger partial charge in [-0.3, -0.25) is 9.69 Å². The fraction of sp³-hybridized carbons (Fsp3) is 0.588. The Bertz CT molecular complexity index is 765. The summed E-state index contributed by atoms with van der Waals surface area (Å²) in [5.74, 6) is 0.993. The van der Waals surface area contributed by atoms with Gasteiger partial charge in [0.2, 0.25) is 0 Å². The number of aryl methyl sites for hydroxylation is 1. The maximum Gasteiger partial charge on any atom is 0.274 e. The topological polar surface area (TPSA) is 63.5 Å². The fourth-order valence-electron chi connectivity index (χ4n) is 3.45. The molecule has 2 aliphatic rings. The average Bonchev–Trinajstić information content (AvgIpc) is 3.24. The number of nitrogens with zero attached hydrogens (tertiary/aromatic N) is 5. The van der Waals surface area contributed by atoms with Gasteiger partial charge in [0.25, 0.3) is 5.91 Å². The van der Waals surface area contributed by atoms with Gasteiger partial charge >= 0.3 is 0 Å². The maximum absolute atomic E-state index is 12.7. The predicted octanol–water partition coefficient (Wildman–Crippen LogP) is 1.70. The number of morpholine rings is 1. The summed E-state index contributed by atoms with van der Waals surface area (Å²) < 4.78 is 7.46. The zero-order chi connectivity index (χ0) is 17.4. The van der Waals surface area contributed by atoms with Crippen LogP contribution >= 0.6 is 11.3 Å². The van der Waals surface area contributed by atoms with E-state index >= 15 is 0 Å². The van der Waals surface area contributed by atoms with Crippen LogP contribution in [-0.4, -0.2) is 63.1 Å². The summed E-state index contributed by atoms with van der Waals surface area (Å²) in [5, 5.41) is 0. The molecule has 0 unspecified atom stereocenters. The minimum Gasteiger partial charge on any atom is -0.378 e. The van der Waals surface area contributed by atoms with Crippen LogP contribution in [0.4, 0.5) is 0 Å². The van der Waals surface area contributed by atoms with Gasteiger partial charge in [0.15, 0.2) is 0 Å². The molecule has 4 rings (SSSR count). The van der Waals surface area contributed by atoms with Gasteiger partial charge < -0.3 is 14.2 Å². The quantitative estimate of drug-likeness (QED) is 0.833. The van der Waals surface area contributed by atoms with E-state index in [-0.39, 0.29) is 11.9 Å². The number of fused-ring (bicyclic) bond motifs is 1. The largest absolute Gasteiger partial charge is 0.378 e. The summed E-state index contributed by atoms with van der Waals surface area (Å²) in [4.78, 5) is 27.3. The Kier molecular flexibility index (Phi) is 4.58. The van der Waals surface area contributed by atoms with E-state index in [1.54, 1.807) is 11.3 Å². The van der Waals surface area contributed by atoms with E-state index in [2.05, 4.69) is 33.3 Å². The third-order valence-electron chi connectivity index (χ3n) is 5.07. The van der Waals surface area contributed by atoms with Crippen molar-refractivity contribution in [3.63, 3.8) is 0 Å². The zero-order valence-electron chi connectivity index (χ0n) is 14.6. The molecule has 0 saturated carbocycles. The standard InChI is InChI=1S/C17H23N5O2S/c1-12-15(25-11-18-12)10-21-3-4-22-9-14(19-16(22)13(21)2)17(23)20-5-7-24-8-6-20/h9,11,13H,3-8,10H2,1-2H3/t13-/m1/s1. The highest BCUT2D eigenvalue weighted by Crippen LogP contribution is 2.28. The van der Waals surface area contributed by atoms with E-state index in [1.807, 2.05) is 16.6 Å². The molecular weight excluding hydrogens is 338 g/mol. The number of hydrogen-bond donors (Lipinski definition) is 0. The van der Waals surface area contributed by atoms with Crippen LogP contribution in [0, 0.1) is 6.92 Å². The van der Waals surface area contributed by atoms with Gasteiger partial charge in [0.05, 0.1) is 30.5 Å². The third kappa shape index (κ3) is 3.21. The lowest BCUT2D eigenvalue weighted by Gasteiger charge is -2.33. The molecule has 0 N–H and O–H groups in total. The van der Waals surface area contributed by atoms with Crippen molar-refractivity contribution in [3.05, 3.63) is 33.8 Å². The molecule has 1 fully saturated rings. The number of carbonyl (C=O) groups excluding carboxylic acids is 1. The normalized spacial score (nSPS) is 21.4. The molecule has 2 aliphatic heterocycles. The second-order valence-corrected chi connectivity index (χ2v) is 7.53. The van der Waals surface area contributed by atoms with Crippen molar-refractivity contribution in [1.82, 2.24) is 24.3 Å². The Morgan fingerprint density at radius 1 is 1.32 bits per heavy atom. The summed E-state index contributed by atoms with van der Waals surface area (Å²) in [5.41, 5.74) is 3.56. The van der Waals surface area contributed by atoms with Crippen molar-refractivity contribution in [1.29, 1.82) is 0 Å². The third-order valence-corrected chi connectivity index (χ3v) is 5.99. The Balaban J connectivity index is 1.51. The van der Waals surface area contributed by atoms with Crippen molar-refractivity contribution in [2.45, 2.75) is 33.0 Å². The second-order valence-electron chi connectivity index (χ2n) is 6.59. The fourth-order valence-corrected chi connectivity index (χ4v) is 4.25. The van der Waals surface area contributed by atoms with Crippen LogP contribution in [-0.2, 0) is 17.8 Å². The Morgan fingerprint density at radius 2 is 2.12 bits per heavy atom. The molecule has 0 aliphatic carbocycles. The number of ether oxygens (including phenoxy) is 1. The lowest BCUT2D eigenvalue weighted by atomic mass is 10.2. The number of imidazole rings is 1. The first-order valence-corrected chi connectivity index (χ1v) is 9.58. The molecular formula is C17H23N5O2S. The number of aromatic nitrogens is 3. The molecule has 25 heavy (non-hydrogen) atoms. The van der Waals surface area contributed by atoms with E-state index in [1.165, 1.54) is 4.88 Å². The smallest absolute Gasteiger partial charge is 0.274 e. The molecule has 7 nitrogen and oxygen atoms in total. The number of carbonyl (C=O) groups is 1. The van der Waals surface area contributed by atoms with Crippen molar-refractivity contribution in [2.24, 2.45) is 0 Å². The highest BCUT2D eigenvalue weighted by Gasteiger charge is 2.29. The molecule has 1 amide bonds. The van der Waals surface area contributed by atoms with Crippen molar-refractivity contribution in [2.75, 3.05) is 32.8 Å². The minimum absolute atomic E-state index is 0.0160. The molecule has 8 heteroatoms. The van der Waals surface area contributed by atoms with Crippen LogP contribution in [0.1, 0.15) is 39.8 Å². The molecule has 4 heterocycles. The van der Waals surface area contributed by atoms with Crippen molar-refractivity contribution < 1.29 is 9.53 Å². The summed E-state index contributed by atoms with van der Waals surface area (Å²) in [6.45, 7) is 9.43. The number of hydrogen-bond acceptors (Lipinski definition) is 6. The van der Waals surface area contributed by atoms with Gasteiger partial charge in [-0.05, 0) is 13.8 Å². The minimum atomic E-state index is 0.0160. The number of thiazole rings is 1. The lowest BCUT2D eigenvalue weighted by Crippen LogP contribution is -2.40. The van der Waals surface area contributed by atoms with Gasteiger partial charge in [0, 0.05) is 43.8 Å². The molecule has 2 aromatic heterocycles. The molecule has 0 spiro atoms. The van der Waals surface area contributed by atoms with Gasteiger partial charge in [-0.25, -0.2) is 9.97 Å². The van der Waals surface area contributed by atoms with Crippen LogP contribution in [0.5, 0.6) is 0 Å². The molecule has 1 atom stereocenters. The van der Waals surface area contributed by atoms with Gasteiger partial charge in [-0.1, -0.05) is 0 Å². The van der Waals surface area contributed by atoms with Gasteiger partial charge in [-0.2, -0.15) is 0 Å². The SMILES string of the molecule is Cc1ncsc1CN1CCn2cc(C(=O)N3CCOCC3)nc2[C@H]1C. The first-order valence-electron chi connectivity index (χ1n) is 8.70. The second kappa shape index (κ2) is 6.86. The summed E-state index contributed by atoms with van der Waals surface area (Å²) in [7, 11) is 0. The Morgan fingerprint density at radius 3 is 2.84 bits per heavy atom. The molecule has 0 radical (unpaired) electrons. The Hall–Kier alpha value is -1.77. The first kappa shape index (κ1) is 16.7.